The van der Waals surface area contributed by atoms with Crippen molar-refractivity contribution in [1.29, 1.82) is 0 Å². The fourth-order valence-corrected chi connectivity index (χ4v) is 4.90. The first-order valence-corrected chi connectivity index (χ1v) is 11.1. The first-order chi connectivity index (χ1) is 14.8. The molecule has 6 heteroatoms. The lowest BCUT2D eigenvalue weighted by atomic mass is 9.78. The molecule has 3 aliphatic rings. The molecule has 2 fully saturated rings. The number of piperidine rings is 1. The number of nitrogens with one attached hydrogen (secondary N) is 2. The number of anilines is 1. The SMILES string of the molecule is CC.c1cc2c(cc1-c1cn[nH]c1)COc1nc(N3CCC34CCCNC4)ccc1-2. The smallest absolute Gasteiger partial charge is 0.223 e. The standard InChI is InChI=1S/C22H23N5O.C2H6/c1-6-22(14-23-8-1)7-9-27(22)20-5-4-19-18-3-2-15(17-11-24-25-12-17)10-16(18)13-28-21(19)26-20;1-2/h2-5,10-12,23H,1,6-9,13-14H2,(H,24,25);1-2H3. The van der Waals surface area contributed by atoms with E-state index >= 15 is 0 Å². The molecule has 0 aliphatic carbocycles. The molecule has 2 aromatic heterocycles. The van der Waals surface area contributed by atoms with Crippen molar-refractivity contribution in [2.75, 3.05) is 24.5 Å². The molecule has 6 rings (SSSR count). The van der Waals surface area contributed by atoms with E-state index in [4.69, 9.17) is 9.72 Å². The van der Waals surface area contributed by atoms with Crippen LogP contribution in [0.1, 0.15) is 38.7 Å². The fraction of sp³-hybridized carbons (Fsp3) is 0.417. The molecule has 1 aromatic carbocycles. The average molecular weight is 404 g/mol. The number of hydrogen-bond donors (Lipinski definition) is 2. The molecular formula is C24H29N5O. The van der Waals surface area contributed by atoms with Gasteiger partial charge in [0.15, 0.2) is 0 Å². The van der Waals surface area contributed by atoms with Gasteiger partial charge in [0.2, 0.25) is 5.88 Å². The van der Waals surface area contributed by atoms with Gasteiger partial charge >= 0.3 is 0 Å². The molecule has 6 nitrogen and oxygen atoms in total. The fourth-order valence-electron chi connectivity index (χ4n) is 4.90. The van der Waals surface area contributed by atoms with E-state index in [-0.39, 0.29) is 5.54 Å². The minimum Gasteiger partial charge on any atom is -0.472 e. The highest BCUT2D eigenvalue weighted by Crippen LogP contribution is 2.43. The molecular weight excluding hydrogens is 374 g/mol. The second-order valence-corrected chi connectivity index (χ2v) is 8.08. The van der Waals surface area contributed by atoms with Gasteiger partial charge in [-0.05, 0) is 60.7 Å². The van der Waals surface area contributed by atoms with Crippen LogP contribution in [0.3, 0.4) is 0 Å². The third kappa shape index (κ3) is 3.06. The predicted molar refractivity (Wildman–Crippen MR) is 120 cm³/mol. The maximum absolute atomic E-state index is 6.08. The van der Waals surface area contributed by atoms with E-state index in [1.54, 1.807) is 0 Å². The highest BCUT2D eigenvalue weighted by molar-refractivity contribution is 5.78. The van der Waals surface area contributed by atoms with E-state index in [2.05, 4.69) is 50.7 Å². The van der Waals surface area contributed by atoms with Crippen LogP contribution in [0.4, 0.5) is 5.82 Å². The second-order valence-electron chi connectivity index (χ2n) is 8.08. The molecule has 0 amide bonds. The van der Waals surface area contributed by atoms with Crippen LogP contribution in [0.5, 0.6) is 5.88 Å². The van der Waals surface area contributed by atoms with Crippen molar-refractivity contribution in [1.82, 2.24) is 20.5 Å². The molecule has 156 valence electrons. The normalized spacial score (nSPS) is 21.6. The lowest BCUT2D eigenvalue weighted by Gasteiger charge is -2.55. The molecule has 2 saturated heterocycles. The lowest BCUT2D eigenvalue weighted by Crippen LogP contribution is -2.67. The van der Waals surface area contributed by atoms with Crippen LogP contribution < -0.4 is 15.0 Å². The summed E-state index contributed by atoms with van der Waals surface area (Å²) < 4.78 is 6.08. The average Bonchev–Trinajstić information content (AvgIpc) is 3.35. The summed E-state index contributed by atoms with van der Waals surface area (Å²) >= 11 is 0. The molecule has 3 aliphatic heterocycles. The molecule has 2 N–H and O–H groups in total. The van der Waals surface area contributed by atoms with E-state index in [0.717, 1.165) is 48.0 Å². The van der Waals surface area contributed by atoms with Gasteiger partial charge in [-0.3, -0.25) is 5.10 Å². The highest BCUT2D eigenvalue weighted by Gasteiger charge is 2.46. The van der Waals surface area contributed by atoms with E-state index in [1.165, 1.54) is 30.4 Å². The number of pyridine rings is 1. The molecule has 30 heavy (non-hydrogen) atoms. The van der Waals surface area contributed by atoms with Gasteiger partial charge in [0, 0.05) is 30.4 Å². The van der Waals surface area contributed by atoms with E-state index in [9.17, 15) is 0 Å². The van der Waals surface area contributed by atoms with Crippen LogP contribution in [0.15, 0.2) is 42.7 Å². The van der Waals surface area contributed by atoms with E-state index < -0.39 is 0 Å². The van der Waals surface area contributed by atoms with Crippen LogP contribution in [0.2, 0.25) is 0 Å². The number of hydrogen-bond acceptors (Lipinski definition) is 5. The molecule has 5 heterocycles. The van der Waals surface area contributed by atoms with Crippen molar-refractivity contribution in [2.24, 2.45) is 0 Å². The molecule has 0 bridgehead atoms. The third-order valence-corrected chi connectivity index (χ3v) is 6.54. The van der Waals surface area contributed by atoms with Crippen molar-refractivity contribution >= 4 is 5.82 Å². The summed E-state index contributed by atoms with van der Waals surface area (Å²) in [5.41, 5.74) is 5.98. The predicted octanol–water partition coefficient (Wildman–Crippen LogP) is 4.39. The van der Waals surface area contributed by atoms with Gasteiger partial charge in [0.25, 0.3) is 0 Å². The van der Waals surface area contributed by atoms with E-state index in [0.29, 0.717) is 6.61 Å². The van der Waals surface area contributed by atoms with Gasteiger partial charge in [-0.15, -0.1) is 0 Å². The summed E-state index contributed by atoms with van der Waals surface area (Å²) in [7, 11) is 0. The zero-order valence-electron chi connectivity index (χ0n) is 17.7. The molecule has 0 saturated carbocycles. The zero-order chi connectivity index (χ0) is 20.6. The summed E-state index contributed by atoms with van der Waals surface area (Å²) in [6.45, 7) is 7.83. The Morgan fingerprint density at radius 3 is 2.70 bits per heavy atom. The van der Waals surface area contributed by atoms with Gasteiger partial charge in [-0.1, -0.05) is 26.0 Å². The van der Waals surface area contributed by atoms with E-state index in [1.807, 2.05) is 26.2 Å². The van der Waals surface area contributed by atoms with Crippen molar-refractivity contribution in [3.63, 3.8) is 0 Å². The molecule has 1 unspecified atom stereocenters. The number of benzene rings is 1. The van der Waals surface area contributed by atoms with Crippen LogP contribution in [0, 0.1) is 0 Å². The monoisotopic (exact) mass is 403 g/mol. The maximum atomic E-state index is 6.08. The summed E-state index contributed by atoms with van der Waals surface area (Å²) in [5.74, 6) is 1.80. The van der Waals surface area contributed by atoms with Crippen molar-refractivity contribution in [3.05, 3.63) is 48.3 Å². The minimum absolute atomic E-state index is 0.256. The lowest BCUT2D eigenvalue weighted by molar-refractivity contribution is 0.209. The Kier molecular flexibility index (Phi) is 4.95. The van der Waals surface area contributed by atoms with Crippen molar-refractivity contribution < 1.29 is 4.74 Å². The molecule has 1 atom stereocenters. The largest absolute Gasteiger partial charge is 0.472 e. The highest BCUT2D eigenvalue weighted by atomic mass is 16.5. The Morgan fingerprint density at radius 2 is 1.97 bits per heavy atom. The van der Waals surface area contributed by atoms with Crippen molar-refractivity contribution in [3.8, 4) is 28.1 Å². The second kappa shape index (κ2) is 7.76. The van der Waals surface area contributed by atoms with Gasteiger partial charge in [-0.2, -0.15) is 10.1 Å². The van der Waals surface area contributed by atoms with Gasteiger partial charge in [0.05, 0.1) is 11.7 Å². The van der Waals surface area contributed by atoms with Crippen LogP contribution >= 0.6 is 0 Å². The quantitative estimate of drug-likeness (QED) is 0.664. The first kappa shape index (κ1) is 19.1. The van der Waals surface area contributed by atoms with Crippen LogP contribution in [0.25, 0.3) is 22.3 Å². The maximum Gasteiger partial charge on any atom is 0.223 e. The van der Waals surface area contributed by atoms with Gasteiger partial charge < -0.3 is 15.0 Å². The summed E-state index contributed by atoms with van der Waals surface area (Å²) in [4.78, 5) is 7.39. The number of aromatic amines is 1. The van der Waals surface area contributed by atoms with Gasteiger partial charge in [0.1, 0.15) is 12.4 Å². The summed E-state index contributed by atoms with van der Waals surface area (Å²) in [6, 6.07) is 10.8. The Balaban J connectivity index is 0.000000937. The molecule has 3 aromatic rings. The van der Waals surface area contributed by atoms with Crippen LogP contribution in [-0.4, -0.2) is 40.4 Å². The van der Waals surface area contributed by atoms with Gasteiger partial charge in [-0.25, -0.2) is 0 Å². The number of H-pyrrole nitrogens is 1. The van der Waals surface area contributed by atoms with Crippen LogP contribution in [-0.2, 0) is 6.61 Å². The first-order valence-electron chi connectivity index (χ1n) is 11.1. The number of ether oxygens (including phenoxy) is 1. The van der Waals surface area contributed by atoms with Crippen molar-refractivity contribution in [2.45, 2.75) is 45.3 Å². The topological polar surface area (TPSA) is 66.1 Å². The Labute approximate surface area is 177 Å². The summed E-state index contributed by atoms with van der Waals surface area (Å²) in [6.07, 6.45) is 7.50. The number of aromatic nitrogens is 3. The zero-order valence-corrected chi connectivity index (χ0v) is 17.7. The minimum atomic E-state index is 0.256. The number of rotatable bonds is 2. The Morgan fingerprint density at radius 1 is 1.07 bits per heavy atom. The Hall–Kier alpha value is -2.86. The summed E-state index contributed by atoms with van der Waals surface area (Å²) in [5, 5.41) is 10.5. The third-order valence-electron chi connectivity index (χ3n) is 6.54. The Bertz CT molecular complexity index is 1020. The number of fused-ring (bicyclic) bond motifs is 3. The molecule has 0 radical (unpaired) electrons. The number of nitrogens with zero attached hydrogens (tertiary/aromatic N) is 3. The molecule has 1 spiro atoms.